The average Bonchev–Trinajstić information content (AvgIpc) is 2.63. The largest absolute Gasteiger partial charge is 0.325 e. The molecule has 3 N–H and O–H groups in total. The zero-order valence-corrected chi connectivity index (χ0v) is 18.0. The molecular weight excluding hydrogens is 444 g/mol. The molecule has 3 rings (SSSR count). The normalized spacial score (nSPS) is 15.7. The summed E-state index contributed by atoms with van der Waals surface area (Å²) in [5.41, 5.74) is 1.32. The molecule has 1 atom stereocenters. The second-order valence-electron chi connectivity index (χ2n) is 6.59. The number of rotatable bonds is 6. The van der Waals surface area contributed by atoms with Crippen LogP contribution in [0.2, 0.25) is 0 Å². The molecule has 7 nitrogen and oxygen atoms in total. The Kier molecular flexibility index (Phi) is 6.56. The highest BCUT2D eigenvalue weighted by molar-refractivity contribution is 9.10. The van der Waals surface area contributed by atoms with Gasteiger partial charge < -0.3 is 15.6 Å². The van der Waals surface area contributed by atoms with Gasteiger partial charge in [-0.05, 0) is 37.1 Å². The van der Waals surface area contributed by atoms with Crippen LogP contribution >= 0.6 is 27.7 Å². The Morgan fingerprint density at radius 3 is 2.89 bits per heavy atom. The van der Waals surface area contributed by atoms with E-state index in [0.29, 0.717) is 10.8 Å². The summed E-state index contributed by atoms with van der Waals surface area (Å²) in [5.74, 6) is -0.633. The number of hydrogen-bond donors (Lipinski definition) is 3. The molecule has 1 aliphatic rings. The van der Waals surface area contributed by atoms with E-state index in [-0.39, 0.29) is 23.7 Å². The number of carbonyl (C=O) groups excluding carboxylic acids is 2. The number of fused-ring (bicyclic) bond motifs is 1. The minimum Gasteiger partial charge on any atom is -0.325 e. The Morgan fingerprint density at radius 2 is 2.18 bits per heavy atom. The zero-order valence-electron chi connectivity index (χ0n) is 15.6. The highest BCUT2D eigenvalue weighted by Crippen LogP contribution is 2.31. The Hall–Kier alpha value is -2.13. The summed E-state index contributed by atoms with van der Waals surface area (Å²) in [4.78, 5) is 44.8. The van der Waals surface area contributed by atoms with Crippen LogP contribution in [0.25, 0.3) is 0 Å². The van der Waals surface area contributed by atoms with Crippen molar-refractivity contribution in [1.29, 1.82) is 0 Å². The van der Waals surface area contributed by atoms with E-state index in [9.17, 15) is 14.4 Å². The van der Waals surface area contributed by atoms with Gasteiger partial charge in [0, 0.05) is 22.3 Å². The first-order valence-electron chi connectivity index (χ1n) is 9.03. The minimum atomic E-state index is -0.891. The van der Waals surface area contributed by atoms with E-state index in [0.717, 1.165) is 28.6 Å². The lowest BCUT2D eigenvalue weighted by molar-refractivity contribution is -0.123. The first-order valence-corrected chi connectivity index (χ1v) is 10.8. The molecule has 0 saturated carbocycles. The molecule has 0 spiro atoms. The van der Waals surface area contributed by atoms with Gasteiger partial charge in [0.1, 0.15) is 5.82 Å². The number of nitrogens with zero attached hydrogens (tertiary/aromatic N) is 1. The fourth-order valence-electron chi connectivity index (χ4n) is 2.94. The first-order chi connectivity index (χ1) is 13.4. The van der Waals surface area contributed by atoms with Gasteiger partial charge in [-0.15, -0.1) is 0 Å². The van der Waals surface area contributed by atoms with E-state index >= 15 is 0 Å². The van der Waals surface area contributed by atoms with Crippen LogP contribution in [0.3, 0.4) is 0 Å². The van der Waals surface area contributed by atoms with Crippen molar-refractivity contribution in [2.75, 3.05) is 16.4 Å². The van der Waals surface area contributed by atoms with Crippen LogP contribution in [0.1, 0.15) is 43.2 Å². The number of halogens is 1. The fraction of sp³-hybridized carbons (Fsp3) is 0.368. The van der Waals surface area contributed by atoms with E-state index < -0.39 is 17.4 Å². The van der Waals surface area contributed by atoms with Crippen LogP contribution in [-0.2, 0) is 9.59 Å². The monoisotopic (exact) mass is 464 g/mol. The summed E-state index contributed by atoms with van der Waals surface area (Å²) in [6, 6.07) is 5.47. The Balaban J connectivity index is 1.88. The van der Waals surface area contributed by atoms with Gasteiger partial charge in [0.15, 0.2) is 5.16 Å². The fourth-order valence-corrected chi connectivity index (χ4v) is 4.37. The molecule has 1 aliphatic heterocycles. The molecule has 0 radical (unpaired) electrons. The molecule has 9 heteroatoms. The number of aryl methyl sites for hydroxylation is 1. The van der Waals surface area contributed by atoms with Crippen LogP contribution in [0.4, 0.5) is 11.5 Å². The third-order valence-electron chi connectivity index (χ3n) is 4.43. The number of benzene rings is 1. The predicted octanol–water partition coefficient (Wildman–Crippen LogP) is 3.80. The van der Waals surface area contributed by atoms with Crippen molar-refractivity contribution in [3.05, 3.63) is 44.2 Å². The van der Waals surface area contributed by atoms with Crippen LogP contribution in [-0.4, -0.2) is 27.5 Å². The van der Waals surface area contributed by atoms with Gasteiger partial charge in [-0.25, -0.2) is 4.98 Å². The van der Waals surface area contributed by atoms with Gasteiger partial charge in [-0.3, -0.25) is 14.4 Å². The van der Waals surface area contributed by atoms with Gasteiger partial charge >= 0.3 is 0 Å². The molecule has 1 aromatic heterocycles. The summed E-state index contributed by atoms with van der Waals surface area (Å²) in [7, 11) is 0. The van der Waals surface area contributed by atoms with Crippen molar-refractivity contribution >= 4 is 51.0 Å². The summed E-state index contributed by atoms with van der Waals surface area (Å²) in [5, 5.41) is 5.90. The molecule has 0 unspecified atom stereocenters. The highest BCUT2D eigenvalue weighted by atomic mass is 79.9. The van der Waals surface area contributed by atoms with Gasteiger partial charge in [-0.1, -0.05) is 41.0 Å². The standard InChI is InChI=1S/C19H21BrN4O3S/c1-3-4-7-28-19-23-16-15(18(27)24-19)12(9-14(25)22-16)17(26)21-13-6-5-11(20)8-10(13)2/h5-6,8,12H,3-4,7,9H2,1-2H3,(H,21,26)(H2,22,23,24,25,27)/t12-/m0/s1. The smallest absolute Gasteiger partial charge is 0.257 e. The molecule has 148 valence electrons. The SMILES string of the molecule is CCCCSc1nc2c(c(=O)[nH]1)[C@@H](C(=O)Nc1ccc(Br)cc1C)CC(=O)N2. The molecular formula is C19H21BrN4O3S. The van der Waals surface area contributed by atoms with E-state index in [4.69, 9.17) is 0 Å². The second kappa shape index (κ2) is 8.91. The lowest BCUT2D eigenvalue weighted by Crippen LogP contribution is -2.36. The van der Waals surface area contributed by atoms with Crippen molar-refractivity contribution in [2.45, 2.75) is 44.2 Å². The number of thioether (sulfide) groups is 1. The van der Waals surface area contributed by atoms with Crippen molar-refractivity contribution in [3.8, 4) is 0 Å². The summed E-state index contributed by atoms with van der Waals surface area (Å²) in [6.45, 7) is 3.95. The molecule has 28 heavy (non-hydrogen) atoms. The van der Waals surface area contributed by atoms with Crippen LogP contribution < -0.4 is 16.2 Å². The van der Waals surface area contributed by atoms with Crippen LogP contribution in [0.15, 0.2) is 32.6 Å². The van der Waals surface area contributed by atoms with E-state index in [1.807, 2.05) is 19.1 Å². The highest BCUT2D eigenvalue weighted by Gasteiger charge is 2.34. The van der Waals surface area contributed by atoms with E-state index in [2.05, 4.69) is 43.5 Å². The lowest BCUT2D eigenvalue weighted by atomic mass is 9.92. The molecule has 0 fully saturated rings. The van der Waals surface area contributed by atoms with Gasteiger partial charge in [0.25, 0.3) is 5.56 Å². The number of aromatic nitrogens is 2. The summed E-state index contributed by atoms with van der Waals surface area (Å²) in [6.07, 6.45) is 1.94. The number of anilines is 2. The Labute approximate surface area is 175 Å². The number of nitrogens with one attached hydrogen (secondary N) is 3. The summed E-state index contributed by atoms with van der Waals surface area (Å²) >= 11 is 4.81. The van der Waals surface area contributed by atoms with Crippen molar-refractivity contribution in [3.63, 3.8) is 0 Å². The topological polar surface area (TPSA) is 104 Å². The van der Waals surface area contributed by atoms with Crippen molar-refractivity contribution in [2.24, 2.45) is 0 Å². The van der Waals surface area contributed by atoms with Crippen molar-refractivity contribution < 1.29 is 9.59 Å². The van der Waals surface area contributed by atoms with Gasteiger partial charge in [0.2, 0.25) is 11.8 Å². The predicted molar refractivity (Wildman–Crippen MR) is 114 cm³/mol. The van der Waals surface area contributed by atoms with E-state index in [1.165, 1.54) is 11.8 Å². The number of carbonyl (C=O) groups is 2. The molecule has 0 bridgehead atoms. The van der Waals surface area contributed by atoms with Crippen LogP contribution in [0, 0.1) is 6.92 Å². The number of amides is 2. The molecule has 1 aromatic carbocycles. The maximum Gasteiger partial charge on any atom is 0.257 e. The first kappa shape index (κ1) is 20.6. The van der Waals surface area contributed by atoms with Crippen LogP contribution in [0.5, 0.6) is 0 Å². The third kappa shape index (κ3) is 4.64. The Bertz CT molecular complexity index is 976. The van der Waals surface area contributed by atoms with E-state index in [1.54, 1.807) is 6.07 Å². The van der Waals surface area contributed by atoms with Gasteiger partial charge in [0.05, 0.1) is 11.5 Å². The number of unbranched alkanes of at least 4 members (excludes halogenated alkanes) is 1. The Morgan fingerprint density at radius 1 is 1.39 bits per heavy atom. The molecule has 2 amide bonds. The molecule has 0 aliphatic carbocycles. The second-order valence-corrected chi connectivity index (χ2v) is 8.59. The third-order valence-corrected chi connectivity index (χ3v) is 5.88. The number of hydrogen-bond acceptors (Lipinski definition) is 5. The molecule has 2 aromatic rings. The number of aromatic amines is 1. The maximum absolute atomic E-state index is 12.9. The van der Waals surface area contributed by atoms with Crippen molar-refractivity contribution in [1.82, 2.24) is 9.97 Å². The zero-order chi connectivity index (χ0) is 20.3. The quantitative estimate of drug-likeness (QED) is 0.342. The average molecular weight is 465 g/mol. The molecule has 0 saturated heterocycles. The van der Waals surface area contributed by atoms with Gasteiger partial charge in [-0.2, -0.15) is 0 Å². The molecule has 2 heterocycles. The lowest BCUT2D eigenvalue weighted by Gasteiger charge is -2.23. The number of H-pyrrole nitrogens is 1. The minimum absolute atomic E-state index is 0.0957. The maximum atomic E-state index is 12.9. The summed E-state index contributed by atoms with van der Waals surface area (Å²) < 4.78 is 0.902.